The lowest BCUT2D eigenvalue weighted by Gasteiger charge is -2.26. The van der Waals surface area contributed by atoms with E-state index in [4.69, 9.17) is 0 Å². The van der Waals surface area contributed by atoms with Crippen molar-refractivity contribution < 1.29 is 4.79 Å². The van der Waals surface area contributed by atoms with Gasteiger partial charge in [0.25, 0.3) is 0 Å². The monoisotopic (exact) mass is 329 g/mol. The third kappa shape index (κ3) is 4.81. The zero-order valence-corrected chi connectivity index (χ0v) is 15.2. The van der Waals surface area contributed by atoms with Crippen LogP contribution in [0, 0.1) is 20.8 Å². The fourth-order valence-corrected chi connectivity index (χ4v) is 2.48. The van der Waals surface area contributed by atoms with Crippen molar-refractivity contribution in [3.63, 3.8) is 0 Å². The van der Waals surface area contributed by atoms with Crippen LogP contribution >= 0.6 is 0 Å². The van der Waals surface area contributed by atoms with E-state index in [1.807, 2.05) is 63.6 Å². The third-order valence-electron chi connectivity index (χ3n) is 3.87. The number of nitrogens with one attached hydrogen (secondary N) is 2. The van der Waals surface area contributed by atoms with Gasteiger partial charge in [0.15, 0.2) is 0 Å². The quantitative estimate of drug-likeness (QED) is 0.766. The molecular formula is C18H27N5O. The first-order chi connectivity index (χ1) is 11.3. The molecule has 0 saturated heterocycles. The van der Waals surface area contributed by atoms with Gasteiger partial charge in [0.2, 0.25) is 5.91 Å². The SMILES string of the molecule is Cc1ccc(NC(C)(C)C(=O)NCCCn2nc(C)nc2C)cc1. The van der Waals surface area contributed by atoms with Crippen molar-refractivity contribution in [3.8, 4) is 0 Å². The van der Waals surface area contributed by atoms with Crippen molar-refractivity contribution in [3.05, 3.63) is 41.5 Å². The number of rotatable bonds is 7. The van der Waals surface area contributed by atoms with Gasteiger partial charge in [-0.2, -0.15) is 5.10 Å². The van der Waals surface area contributed by atoms with Crippen LogP contribution in [0.15, 0.2) is 24.3 Å². The minimum atomic E-state index is -0.672. The van der Waals surface area contributed by atoms with Gasteiger partial charge < -0.3 is 10.6 Å². The van der Waals surface area contributed by atoms with E-state index in [-0.39, 0.29) is 5.91 Å². The maximum atomic E-state index is 12.4. The summed E-state index contributed by atoms with van der Waals surface area (Å²) in [6.45, 7) is 11.0. The van der Waals surface area contributed by atoms with Gasteiger partial charge in [-0.1, -0.05) is 17.7 Å². The second-order valence-electron chi connectivity index (χ2n) is 6.65. The Labute approximate surface area is 143 Å². The van der Waals surface area contributed by atoms with Crippen LogP contribution in [-0.4, -0.2) is 32.8 Å². The Morgan fingerprint density at radius 3 is 2.42 bits per heavy atom. The number of aryl methyl sites for hydroxylation is 4. The Bertz CT molecular complexity index is 688. The van der Waals surface area contributed by atoms with Crippen molar-refractivity contribution in [2.75, 3.05) is 11.9 Å². The highest BCUT2D eigenvalue weighted by atomic mass is 16.2. The summed E-state index contributed by atoms with van der Waals surface area (Å²) >= 11 is 0. The zero-order valence-electron chi connectivity index (χ0n) is 15.2. The summed E-state index contributed by atoms with van der Waals surface area (Å²) in [6, 6.07) is 8.03. The van der Waals surface area contributed by atoms with E-state index in [2.05, 4.69) is 20.7 Å². The molecule has 1 amide bonds. The van der Waals surface area contributed by atoms with Crippen molar-refractivity contribution in [2.45, 2.75) is 53.1 Å². The summed E-state index contributed by atoms with van der Waals surface area (Å²) < 4.78 is 1.87. The second-order valence-corrected chi connectivity index (χ2v) is 6.65. The molecule has 0 fully saturated rings. The molecule has 130 valence electrons. The molecule has 0 aliphatic heterocycles. The molecule has 24 heavy (non-hydrogen) atoms. The summed E-state index contributed by atoms with van der Waals surface area (Å²) in [4.78, 5) is 16.7. The third-order valence-corrected chi connectivity index (χ3v) is 3.87. The molecule has 0 aliphatic carbocycles. The van der Waals surface area contributed by atoms with Crippen LogP contribution in [-0.2, 0) is 11.3 Å². The van der Waals surface area contributed by atoms with Crippen molar-refractivity contribution >= 4 is 11.6 Å². The first-order valence-electron chi connectivity index (χ1n) is 8.29. The zero-order chi connectivity index (χ0) is 17.7. The number of benzene rings is 1. The maximum absolute atomic E-state index is 12.4. The second kappa shape index (κ2) is 7.47. The Balaban J connectivity index is 1.80. The number of hydrogen-bond acceptors (Lipinski definition) is 4. The van der Waals surface area contributed by atoms with Crippen LogP contribution in [0.3, 0.4) is 0 Å². The Morgan fingerprint density at radius 1 is 1.17 bits per heavy atom. The predicted octanol–water partition coefficient (Wildman–Crippen LogP) is 2.60. The largest absolute Gasteiger partial charge is 0.372 e. The number of nitrogens with zero attached hydrogens (tertiary/aromatic N) is 3. The first-order valence-corrected chi connectivity index (χ1v) is 8.29. The summed E-state index contributed by atoms with van der Waals surface area (Å²) in [6.07, 6.45) is 0.815. The maximum Gasteiger partial charge on any atom is 0.245 e. The molecule has 6 nitrogen and oxygen atoms in total. The number of hydrogen-bond donors (Lipinski definition) is 2. The molecule has 6 heteroatoms. The van der Waals surface area contributed by atoms with Crippen molar-refractivity contribution in [1.29, 1.82) is 0 Å². The fourth-order valence-electron chi connectivity index (χ4n) is 2.48. The Kier molecular flexibility index (Phi) is 5.59. The van der Waals surface area contributed by atoms with E-state index in [0.717, 1.165) is 30.3 Å². The van der Waals surface area contributed by atoms with Gasteiger partial charge in [-0.05, 0) is 53.2 Å². The minimum Gasteiger partial charge on any atom is -0.372 e. The molecule has 0 radical (unpaired) electrons. The summed E-state index contributed by atoms with van der Waals surface area (Å²) in [5.41, 5.74) is 1.46. The van der Waals surface area contributed by atoms with Crippen LogP contribution in [0.1, 0.15) is 37.5 Å². The molecule has 0 bridgehead atoms. The molecule has 0 unspecified atom stereocenters. The summed E-state index contributed by atoms with van der Waals surface area (Å²) in [5.74, 6) is 1.66. The smallest absolute Gasteiger partial charge is 0.245 e. The van der Waals surface area contributed by atoms with E-state index >= 15 is 0 Å². The lowest BCUT2D eigenvalue weighted by atomic mass is 10.0. The van der Waals surface area contributed by atoms with Gasteiger partial charge >= 0.3 is 0 Å². The lowest BCUT2D eigenvalue weighted by molar-refractivity contribution is -0.124. The molecule has 0 aliphatic rings. The highest BCUT2D eigenvalue weighted by molar-refractivity contribution is 5.88. The van der Waals surface area contributed by atoms with Crippen molar-refractivity contribution in [2.24, 2.45) is 0 Å². The first kappa shape index (κ1) is 18.0. The number of carbonyl (C=O) groups is 1. The summed E-state index contributed by atoms with van der Waals surface area (Å²) in [5, 5.41) is 10.6. The van der Waals surface area contributed by atoms with Crippen LogP contribution in [0.4, 0.5) is 5.69 Å². The number of anilines is 1. The van der Waals surface area contributed by atoms with Gasteiger partial charge in [0, 0.05) is 18.8 Å². The highest BCUT2D eigenvalue weighted by Gasteiger charge is 2.26. The molecular weight excluding hydrogens is 302 g/mol. The topological polar surface area (TPSA) is 71.8 Å². The van der Waals surface area contributed by atoms with Gasteiger partial charge in [-0.3, -0.25) is 9.48 Å². The van der Waals surface area contributed by atoms with Crippen molar-refractivity contribution in [1.82, 2.24) is 20.1 Å². The summed E-state index contributed by atoms with van der Waals surface area (Å²) in [7, 11) is 0. The van der Waals surface area contributed by atoms with E-state index < -0.39 is 5.54 Å². The normalized spacial score (nSPS) is 11.4. The standard InChI is InChI=1S/C18H27N5O/c1-13-7-9-16(10-8-13)21-18(4,5)17(24)19-11-6-12-23-15(3)20-14(2)22-23/h7-10,21H,6,11-12H2,1-5H3,(H,19,24). The molecule has 1 aromatic heterocycles. The van der Waals surface area contributed by atoms with E-state index in [1.165, 1.54) is 5.56 Å². The van der Waals surface area contributed by atoms with E-state index in [0.29, 0.717) is 6.54 Å². The average Bonchev–Trinajstić information content (AvgIpc) is 2.83. The van der Waals surface area contributed by atoms with Gasteiger partial charge in [0.1, 0.15) is 17.2 Å². The molecule has 1 heterocycles. The van der Waals surface area contributed by atoms with E-state index in [1.54, 1.807) is 0 Å². The van der Waals surface area contributed by atoms with Crippen LogP contribution in [0.25, 0.3) is 0 Å². The number of aromatic nitrogens is 3. The Hall–Kier alpha value is -2.37. The fraction of sp³-hybridized carbons (Fsp3) is 0.500. The molecule has 1 aromatic carbocycles. The minimum absolute atomic E-state index is 0.0189. The molecule has 2 N–H and O–H groups in total. The van der Waals surface area contributed by atoms with Gasteiger partial charge in [-0.25, -0.2) is 4.98 Å². The number of amides is 1. The molecule has 0 saturated carbocycles. The molecule has 2 rings (SSSR count). The van der Waals surface area contributed by atoms with Gasteiger partial charge in [0.05, 0.1) is 0 Å². The average molecular weight is 329 g/mol. The molecule has 2 aromatic rings. The lowest BCUT2D eigenvalue weighted by Crippen LogP contribution is -2.48. The van der Waals surface area contributed by atoms with Gasteiger partial charge in [-0.15, -0.1) is 0 Å². The predicted molar refractivity (Wildman–Crippen MR) is 96.0 cm³/mol. The highest BCUT2D eigenvalue weighted by Crippen LogP contribution is 2.16. The molecule has 0 spiro atoms. The van der Waals surface area contributed by atoms with Crippen LogP contribution in [0.5, 0.6) is 0 Å². The number of carbonyl (C=O) groups excluding carboxylic acids is 1. The molecule has 0 atom stereocenters. The van der Waals surface area contributed by atoms with E-state index in [9.17, 15) is 4.79 Å². The van der Waals surface area contributed by atoms with Crippen LogP contribution < -0.4 is 10.6 Å². The Morgan fingerprint density at radius 2 is 1.83 bits per heavy atom. The van der Waals surface area contributed by atoms with Crippen LogP contribution in [0.2, 0.25) is 0 Å².